The van der Waals surface area contributed by atoms with E-state index in [2.05, 4.69) is 20.4 Å². The van der Waals surface area contributed by atoms with E-state index < -0.39 is 11.0 Å². The van der Waals surface area contributed by atoms with Gasteiger partial charge in [-0.05, 0) is 26.2 Å². The molecule has 1 atom stereocenters. The number of nitro groups is 1. The van der Waals surface area contributed by atoms with Crippen LogP contribution in [0.2, 0.25) is 0 Å². The van der Waals surface area contributed by atoms with Gasteiger partial charge in [-0.15, -0.1) is 5.10 Å². The van der Waals surface area contributed by atoms with E-state index in [1.165, 1.54) is 6.07 Å². The van der Waals surface area contributed by atoms with Gasteiger partial charge in [0.25, 0.3) is 5.69 Å². The van der Waals surface area contributed by atoms with Gasteiger partial charge >= 0.3 is 6.09 Å². The maximum atomic E-state index is 11.4. The van der Waals surface area contributed by atoms with E-state index in [0.29, 0.717) is 23.4 Å². The number of rotatable bonds is 9. The smallest absolute Gasteiger partial charge is 0.404 e. The molecule has 0 fully saturated rings. The highest BCUT2D eigenvalue weighted by Gasteiger charge is 2.21. The van der Waals surface area contributed by atoms with Gasteiger partial charge in [0.1, 0.15) is 11.4 Å². The summed E-state index contributed by atoms with van der Waals surface area (Å²) in [5, 5.41) is 22.6. The quantitative estimate of drug-likeness (QED) is 0.397. The lowest BCUT2D eigenvalue weighted by atomic mass is 10.1. The second kappa shape index (κ2) is 8.79. The number of nitrogens with zero attached hydrogens (tertiary/aromatic N) is 4. The van der Waals surface area contributed by atoms with Crippen molar-refractivity contribution in [2.24, 2.45) is 12.8 Å². The van der Waals surface area contributed by atoms with Crippen molar-refractivity contribution in [1.82, 2.24) is 15.0 Å². The summed E-state index contributed by atoms with van der Waals surface area (Å²) in [4.78, 5) is 21.5. The minimum Gasteiger partial charge on any atom is -0.450 e. The molecule has 140 valence electrons. The standard InChI is InChI=1S/C16H22N6O4/c1-11(6-3-4-9-26-16(17)23)18-15-12(13-10-21(2)20-19-13)7-5-8-14(15)22(24)25/h5,7-8,10-11,18H,3-4,6,9H2,1-2H3,(H2,17,23)/t11-/m1/s1. The molecule has 0 spiro atoms. The summed E-state index contributed by atoms with van der Waals surface area (Å²) in [6.45, 7) is 2.20. The van der Waals surface area contributed by atoms with Gasteiger partial charge in [-0.25, -0.2) is 4.79 Å². The number of amides is 1. The Morgan fingerprint density at radius 1 is 1.46 bits per heavy atom. The molecular weight excluding hydrogens is 340 g/mol. The minimum atomic E-state index is -0.787. The molecule has 0 radical (unpaired) electrons. The molecule has 0 aliphatic carbocycles. The fraction of sp³-hybridized carbons (Fsp3) is 0.438. The van der Waals surface area contributed by atoms with Gasteiger partial charge in [-0.2, -0.15) is 0 Å². The number of anilines is 1. The third kappa shape index (κ3) is 5.16. The number of carbonyl (C=O) groups excluding carboxylic acids is 1. The summed E-state index contributed by atoms with van der Waals surface area (Å²) in [6.07, 6.45) is 3.11. The molecule has 0 saturated heterocycles. The van der Waals surface area contributed by atoms with Crippen molar-refractivity contribution < 1.29 is 14.5 Å². The number of hydrogen-bond acceptors (Lipinski definition) is 7. The van der Waals surface area contributed by atoms with E-state index in [0.717, 1.165) is 12.8 Å². The van der Waals surface area contributed by atoms with Gasteiger partial charge in [-0.1, -0.05) is 17.3 Å². The molecule has 1 heterocycles. The molecule has 2 rings (SSSR count). The zero-order chi connectivity index (χ0) is 19.1. The Bertz CT molecular complexity index is 776. The summed E-state index contributed by atoms with van der Waals surface area (Å²) >= 11 is 0. The zero-order valence-corrected chi connectivity index (χ0v) is 14.7. The van der Waals surface area contributed by atoms with Crippen LogP contribution in [-0.2, 0) is 11.8 Å². The summed E-state index contributed by atoms with van der Waals surface area (Å²) in [5.74, 6) is 0. The monoisotopic (exact) mass is 362 g/mol. The number of nitrogens with two attached hydrogens (primary N) is 1. The van der Waals surface area contributed by atoms with Gasteiger partial charge in [0, 0.05) is 24.7 Å². The first-order valence-electron chi connectivity index (χ1n) is 8.21. The predicted octanol–water partition coefficient (Wildman–Crippen LogP) is 2.46. The van der Waals surface area contributed by atoms with Crippen LogP contribution in [0.1, 0.15) is 26.2 Å². The highest BCUT2D eigenvalue weighted by Crippen LogP contribution is 2.35. The zero-order valence-electron chi connectivity index (χ0n) is 14.7. The van der Waals surface area contributed by atoms with E-state index >= 15 is 0 Å². The minimum absolute atomic E-state index is 0.0166. The Hall–Kier alpha value is -3.17. The summed E-state index contributed by atoms with van der Waals surface area (Å²) in [7, 11) is 1.73. The second-order valence-corrected chi connectivity index (χ2v) is 5.94. The molecule has 3 N–H and O–H groups in total. The molecule has 10 nitrogen and oxygen atoms in total. The van der Waals surface area contributed by atoms with Crippen LogP contribution in [0.5, 0.6) is 0 Å². The van der Waals surface area contributed by atoms with Crippen LogP contribution >= 0.6 is 0 Å². The Morgan fingerprint density at radius 3 is 2.85 bits per heavy atom. The molecule has 1 aromatic heterocycles. The molecule has 0 bridgehead atoms. The highest BCUT2D eigenvalue weighted by molar-refractivity contribution is 5.82. The first kappa shape index (κ1) is 19.2. The highest BCUT2D eigenvalue weighted by atomic mass is 16.6. The van der Waals surface area contributed by atoms with Crippen molar-refractivity contribution in [2.75, 3.05) is 11.9 Å². The van der Waals surface area contributed by atoms with E-state index in [1.54, 1.807) is 30.1 Å². The number of unbranched alkanes of at least 4 members (excludes halogenated alkanes) is 1. The molecule has 1 aromatic carbocycles. The average Bonchev–Trinajstić information content (AvgIpc) is 3.00. The molecule has 0 saturated carbocycles. The lowest BCUT2D eigenvalue weighted by molar-refractivity contribution is -0.383. The number of aryl methyl sites for hydroxylation is 1. The summed E-state index contributed by atoms with van der Waals surface area (Å²) in [6, 6.07) is 4.82. The second-order valence-electron chi connectivity index (χ2n) is 5.94. The number of benzene rings is 1. The fourth-order valence-corrected chi connectivity index (χ4v) is 2.57. The van der Waals surface area contributed by atoms with Crippen molar-refractivity contribution in [3.63, 3.8) is 0 Å². The molecule has 26 heavy (non-hydrogen) atoms. The number of primary amides is 1. The van der Waals surface area contributed by atoms with Gasteiger partial charge < -0.3 is 15.8 Å². The first-order chi connectivity index (χ1) is 12.4. The third-order valence-corrected chi connectivity index (χ3v) is 3.78. The van der Waals surface area contributed by atoms with Crippen LogP contribution < -0.4 is 11.1 Å². The number of hydrogen-bond donors (Lipinski definition) is 2. The summed E-state index contributed by atoms with van der Waals surface area (Å²) < 4.78 is 6.23. The van der Waals surface area contributed by atoms with Gasteiger partial charge in [-0.3, -0.25) is 14.8 Å². The van der Waals surface area contributed by atoms with E-state index in [4.69, 9.17) is 5.73 Å². The molecule has 2 aromatic rings. The third-order valence-electron chi connectivity index (χ3n) is 3.78. The van der Waals surface area contributed by atoms with Gasteiger partial charge in [0.2, 0.25) is 0 Å². The average molecular weight is 362 g/mol. The number of aromatic nitrogens is 3. The Kier molecular flexibility index (Phi) is 6.48. The van der Waals surface area contributed by atoms with Crippen molar-refractivity contribution in [3.05, 3.63) is 34.5 Å². The van der Waals surface area contributed by atoms with Gasteiger partial charge in [0.15, 0.2) is 0 Å². The maximum Gasteiger partial charge on any atom is 0.404 e. The molecule has 0 aliphatic rings. The number of nitrogens with one attached hydrogen (secondary N) is 1. The fourth-order valence-electron chi connectivity index (χ4n) is 2.57. The van der Waals surface area contributed by atoms with Crippen molar-refractivity contribution in [3.8, 4) is 11.3 Å². The Labute approximate surface area is 150 Å². The van der Waals surface area contributed by atoms with Crippen LogP contribution in [0, 0.1) is 10.1 Å². The van der Waals surface area contributed by atoms with Crippen LogP contribution in [0.4, 0.5) is 16.2 Å². The number of para-hydroxylation sites is 1. The van der Waals surface area contributed by atoms with E-state index in [-0.39, 0.29) is 18.3 Å². The number of carbonyl (C=O) groups is 1. The van der Waals surface area contributed by atoms with E-state index in [1.807, 2.05) is 6.92 Å². The Balaban J connectivity index is 2.11. The van der Waals surface area contributed by atoms with Crippen LogP contribution in [0.3, 0.4) is 0 Å². The largest absolute Gasteiger partial charge is 0.450 e. The van der Waals surface area contributed by atoms with Crippen LogP contribution in [0.15, 0.2) is 24.4 Å². The molecule has 0 unspecified atom stereocenters. The van der Waals surface area contributed by atoms with Crippen molar-refractivity contribution in [2.45, 2.75) is 32.2 Å². The molecular formula is C16H22N6O4. The topological polar surface area (TPSA) is 138 Å². The van der Waals surface area contributed by atoms with Crippen molar-refractivity contribution >= 4 is 17.5 Å². The molecule has 0 aliphatic heterocycles. The van der Waals surface area contributed by atoms with Crippen molar-refractivity contribution in [1.29, 1.82) is 0 Å². The molecule has 1 amide bonds. The lowest BCUT2D eigenvalue weighted by Gasteiger charge is -2.17. The number of ether oxygens (including phenoxy) is 1. The maximum absolute atomic E-state index is 11.4. The molecule has 10 heteroatoms. The van der Waals surface area contributed by atoms with Crippen LogP contribution in [-0.4, -0.2) is 38.7 Å². The van der Waals surface area contributed by atoms with Crippen LogP contribution in [0.25, 0.3) is 11.3 Å². The normalized spacial score (nSPS) is 11.8. The Morgan fingerprint density at radius 2 is 2.23 bits per heavy atom. The first-order valence-corrected chi connectivity index (χ1v) is 8.21. The lowest BCUT2D eigenvalue weighted by Crippen LogP contribution is -2.17. The summed E-state index contributed by atoms with van der Waals surface area (Å²) in [5.41, 5.74) is 6.48. The predicted molar refractivity (Wildman–Crippen MR) is 95.6 cm³/mol. The number of nitro benzene ring substituents is 1. The SMILES string of the molecule is C[C@H](CCCCOC(N)=O)Nc1c(-c2cn(C)nn2)cccc1[N+](=O)[O-]. The van der Waals surface area contributed by atoms with Gasteiger partial charge in [0.05, 0.1) is 17.7 Å². The van der Waals surface area contributed by atoms with E-state index in [9.17, 15) is 14.9 Å².